The maximum atomic E-state index is 13.1. The molecule has 1 N–H and O–H groups in total. The predicted octanol–water partition coefficient (Wildman–Crippen LogP) is 5.01. The molecule has 0 spiro atoms. The minimum Gasteiger partial charge on any atom is -0.503 e. The maximum Gasteiger partial charge on any atom is 0.279 e. The summed E-state index contributed by atoms with van der Waals surface area (Å²) in [4.78, 5) is 42.2. The third kappa shape index (κ3) is 3.11. The maximum absolute atomic E-state index is 13.1. The van der Waals surface area contributed by atoms with Crippen molar-refractivity contribution in [3.05, 3.63) is 92.1 Å². The zero-order valence-electron chi connectivity index (χ0n) is 17.4. The molecule has 1 aromatic heterocycles. The molecule has 0 atom stereocenters. The number of benzene rings is 2. The lowest BCUT2D eigenvalue weighted by atomic mass is 9.83. The number of ketones is 2. The summed E-state index contributed by atoms with van der Waals surface area (Å²) in [5, 5.41) is 18.5. The Balaban J connectivity index is 1.88. The van der Waals surface area contributed by atoms with Crippen LogP contribution in [0.5, 0.6) is 5.88 Å². The Kier molecular flexibility index (Phi) is 5.24. The highest BCUT2D eigenvalue weighted by Crippen LogP contribution is 2.37. The lowest BCUT2D eigenvalue weighted by molar-refractivity contribution is 0.0979. The van der Waals surface area contributed by atoms with Gasteiger partial charge in [0.2, 0.25) is 5.69 Å². The number of hydrogen-bond donors (Lipinski definition) is 1. The Hall–Kier alpha value is -4.38. The van der Waals surface area contributed by atoms with E-state index in [-0.39, 0.29) is 57.4 Å². The van der Waals surface area contributed by atoms with Gasteiger partial charge in [0, 0.05) is 23.2 Å². The fourth-order valence-corrected chi connectivity index (χ4v) is 3.79. The zero-order chi connectivity index (χ0) is 23.0. The van der Waals surface area contributed by atoms with Crippen LogP contribution in [-0.4, -0.2) is 21.2 Å². The SMILES string of the molecule is [C-]#[N+]c1c(C)c(N=Nc2cccc3c2C(=O)c2ccccc2C3=O)c(=O)n(CCC)c1O. The first-order valence-corrected chi connectivity index (χ1v) is 9.97. The Morgan fingerprint density at radius 2 is 1.62 bits per heavy atom. The summed E-state index contributed by atoms with van der Waals surface area (Å²) in [7, 11) is 0. The molecule has 1 aliphatic carbocycles. The van der Waals surface area contributed by atoms with Gasteiger partial charge in [-0.15, -0.1) is 10.2 Å². The Morgan fingerprint density at radius 3 is 2.28 bits per heavy atom. The largest absolute Gasteiger partial charge is 0.503 e. The number of carbonyl (C=O) groups is 2. The van der Waals surface area contributed by atoms with Crippen molar-refractivity contribution in [3.8, 4) is 5.88 Å². The summed E-state index contributed by atoms with van der Waals surface area (Å²) in [6.45, 7) is 10.9. The molecule has 8 nitrogen and oxygen atoms in total. The highest BCUT2D eigenvalue weighted by atomic mass is 16.3. The summed E-state index contributed by atoms with van der Waals surface area (Å²) in [5.74, 6) is -1.04. The van der Waals surface area contributed by atoms with E-state index in [1.54, 1.807) is 36.4 Å². The Labute approximate surface area is 183 Å². The van der Waals surface area contributed by atoms with E-state index in [1.165, 1.54) is 13.0 Å². The van der Waals surface area contributed by atoms with Gasteiger partial charge in [-0.3, -0.25) is 19.0 Å². The number of rotatable bonds is 4. The molecule has 0 aliphatic heterocycles. The van der Waals surface area contributed by atoms with Gasteiger partial charge < -0.3 is 5.11 Å². The van der Waals surface area contributed by atoms with E-state index in [2.05, 4.69) is 15.1 Å². The second-order valence-electron chi connectivity index (χ2n) is 7.32. The molecule has 8 heteroatoms. The third-order valence-electron chi connectivity index (χ3n) is 5.37. The van der Waals surface area contributed by atoms with Crippen molar-refractivity contribution in [1.29, 1.82) is 0 Å². The quantitative estimate of drug-likeness (QED) is 0.365. The topological polar surface area (TPSA) is 105 Å². The molecule has 3 aromatic rings. The van der Waals surface area contributed by atoms with Crippen molar-refractivity contribution in [1.82, 2.24) is 4.57 Å². The first-order chi connectivity index (χ1) is 15.4. The third-order valence-corrected chi connectivity index (χ3v) is 5.37. The standard InChI is InChI=1S/C24H18N4O4/c1-4-12-28-23(31)19(25-3)13(2)20(24(28)32)27-26-17-11-7-10-16-18(17)22(30)15-9-6-5-8-14(15)21(16)29/h5-11,31H,4,12H2,1-2H3. The van der Waals surface area contributed by atoms with Crippen LogP contribution in [0.1, 0.15) is 50.8 Å². The molecule has 2 aromatic carbocycles. The molecule has 0 saturated carbocycles. The van der Waals surface area contributed by atoms with E-state index in [0.717, 1.165) is 4.57 Å². The van der Waals surface area contributed by atoms with Gasteiger partial charge in [-0.1, -0.05) is 43.3 Å². The van der Waals surface area contributed by atoms with Crippen LogP contribution < -0.4 is 5.56 Å². The molecular formula is C24H18N4O4. The number of aromatic nitrogens is 1. The number of pyridine rings is 1. The summed E-state index contributed by atoms with van der Waals surface area (Å²) in [6, 6.07) is 11.3. The van der Waals surface area contributed by atoms with Crippen molar-refractivity contribution >= 4 is 28.6 Å². The van der Waals surface area contributed by atoms with Gasteiger partial charge in [-0.2, -0.15) is 0 Å². The monoisotopic (exact) mass is 426 g/mol. The van der Waals surface area contributed by atoms with E-state index in [4.69, 9.17) is 6.57 Å². The second-order valence-corrected chi connectivity index (χ2v) is 7.32. The first kappa shape index (κ1) is 20.9. The Morgan fingerprint density at radius 1 is 0.969 bits per heavy atom. The highest BCUT2D eigenvalue weighted by molar-refractivity contribution is 6.29. The molecule has 158 valence electrons. The first-order valence-electron chi connectivity index (χ1n) is 9.97. The van der Waals surface area contributed by atoms with Crippen molar-refractivity contribution < 1.29 is 14.7 Å². The summed E-state index contributed by atoms with van der Waals surface area (Å²) < 4.78 is 1.08. The van der Waals surface area contributed by atoms with Gasteiger partial charge in [0.25, 0.3) is 5.56 Å². The van der Waals surface area contributed by atoms with Crippen LogP contribution in [0.2, 0.25) is 0 Å². The number of aromatic hydroxyl groups is 1. The molecule has 1 heterocycles. The molecule has 0 unspecified atom stereocenters. The number of fused-ring (bicyclic) bond motifs is 2. The number of hydrogen-bond acceptors (Lipinski definition) is 6. The Bertz CT molecular complexity index is 1430. The van der Waals surface area contributed by atoms with Gasteiger partial charge >= 0.3 is 0 Å². The molecule has 0 radical (unpaired) electrons. The molecule has 1 aliphatic rings. The number of carbonyl (C=O) groups excluding carboxylic acids is 2. The van der Waals surface area contributed by atoms with Crippen LogP contribution in [0, 0.1) is 13.5 Å². The van der Waals surface area contributed by atoms with Crippen molar-refractivity contribution in [2.75, 3.05) is 0 Å². The lowest BCUT2D eigenvalue weighted by Gasteiger charge is -2.18. The average Bonchev–Trinajstić information content (AvgIpc) is 2.80. The zero-order valence-corrected chi connectivity index (χ0v) is 17.4. The number of azo groups is 1. The summed E-state index contributed by atoms with van der Waals surface area (Å²) in [6.07, 6.45) is 0.562. The van der Waals surface area contributed by atoms with Crippen LogP contribution in [0.4, 0.5) is 17.1 Å². The van der Waals surface area contributed by atoms with E-state index >= 15 is 0 Å². The average molecular weight is 426 g/mol. The van der Waals surface area contributed by atoms with Crippen LogP contribution in [0.25, 0.3) is 4.85 Å². The van der Waals surface area contributed by atoms with E-state index in [1.807, 2.05) is 6.92 Å². The van der Waals surface area contributed by atoms with Crippen molar-refractivity contribution in [2.24, 2.45) is 10.2 Å². The smallest absolute Gasteiger partial charge is 0.279 e. The van der Waals surface area contributed by atoms with Gasteiger partial charge in [-0.25, -0.2) is 4.85 Å². The molecule has 32 heavy (non-hydrogen) atoms. The normalized spacial score (nSPS) is 12.5. The van der Waals surface area contributed by atoms with Gasteiger partial charge in [0.15, 0.2) is 17.4 Å². The van der Waals surface area contributed by atoms with Crippen molar-refractivity contribution in [3.63, 3.8) is 0 Å². The highest BCUT2D eigenvalue weighted by Gasteiger charge is 2.31. The van der Waals surface area contributed by atoms with Gasteiger partial charge in [0.05, 0.1) is 17.8 Å². The number of nitrogens with zero attached hydrogens (tertiary/aromatic N) is 4. The minimum atomic E-state index is -0.587. The minimum absolute atomic E-state index is 0.0812. The van der Waals surface area contributed by atoms with Crippen molar-refractivity contribution in [2.45, 2.75) is 26.8 Å². The molecule has 4 rings (SSSR count). The molecule has 0 amide bonds. The molecule has 0 bridgehead atoms. The van der Waals surface area contributed by atoms with E-state index < -0.39 is 11.4 Å². The molecule has 0 fully saturated rings. The fraction of sp³-hybridized carbons (Fsp3) is 0.167. The predicted molar refractivity (Wildman–Crippen MR) is 118 cm³/mol. The van der Waals surface area contributed by atoms with Crippen LogP contribution in [0.3, 0.4) is 0 Å². The second kappa shape index (κ2) is 8.04. The molecule has 0 saturated heterocycles. The fourth-order valence-electron chi connectivity index (χ4n) is 3.79. The van der Waals surface area contributed by atoms with Gasteiger partial charge in [-0.05, 0) is 25.0 Å². The van der Waals surface area contributed by atoms with E-state index in [9.17, 15) is 19.5 Å². The van der Waals surface area contributed by atoms with Crippen LogP contribution >= 0.6 is 0 Å². The van der Waals surface area contributed by atoms with E-state index in [0.29, 0.717) is 12.0 Å². The van der Waals surface area contributed by atoms with Gasteiger partial charge in [0.1, 0.15) is 5.69 Å². The summed E-state index contributed by atoms with van der Waals surface area (Å²) >= 11 is 0. The lowest BCUT2D eigenvalue weighted by Crippen LogP contribution is -2.21. The molecular weight excluding hydrogens is 408 g/mol. The van der Waals surface area contributed by atoms with Crippen LogP contribution in [-0.2, 0) is 6.54 Å². The van der Waals surface area contributed by atoms with Crippen LogP contribution in [0.15, 0.2) is 57.5 Å². The summed E-state index contributed by atoms with van der Waals surface area (Å²) in [5.41, 5.74) is 0.526.